The van der Waals surface area contributed by atoms with Gasteiger partial charge in [0.15, 0.2) is 0 Å². The van der Waals surface area contributed by atoms with Gasteiger partial charge in [-0.15, -0.1) is 0 Å². The molecule has 0 amide bonds. The molecule has 0 bridgehead atoms. The van der Waals surface area contributed by atoms with Crippen LogP contribution in [0.5, 0.6) is 0 Å². The second-order valence-electron chi connectivity index (χ2n) is 2.82. The van der Waals surface area contributed by atoms with Crippen molar-refractivity contribution in [3.63, 3.8) is 0 Å². The first-order chi connectivity index (χ1) is 5.74. The summed E-state index contributed by atoms with van der Waals surface area (Å²) in [5.74, 6) is 0. The molecule has 0 aromatic rings. The quantitative estimate of drug-likeness (QED) is 0.637. The van der Waals surface area contributed by atoms with Gasteiger partial charge in [-0.25, -0.2) is 0 Å². The van der Waals surface area contributed by atoms with E-state index in [9.17, 15) is 0 Å². The van der Waals surface area contributed by atoms with E-state index in [1.807, 2.05) is 13.0 Å². The van der Waals surface area contributed by atoms with Crippen LogP contribution in [-0.2, 0) is 0 Å². The van der Waals surface area contributed by atoms with Crippen LogP contribution in [0.2, 0.25) is 0 Å². The summed E-state index contributed by atoms with van der Waals surface area (Å²) in [5, 5.41) is 0. The molecule has 0 heterocycles. The minimum Gasteiger partial charge on any atom is -0.327 e. The summed E-state index contributed by atoms with van der Waals surface area (Å²) < 4.78 is 0. The van der Waals surface area contributed by atoms with Crippen LogP contribution in [0.3, 0.4) is 0 Å². The topological polar surface area (TPSA) is 26.0 Å². The second kappa shape index (κ2) is 6.86. The zero-order valence-electron chi connectivity index (χ0n) is 8.30. The number of hydrogen-bond donors (Lipinski definition) is 1. The third-order valence-corrected chi connectivity index (χ3v) is 1.66. The monoisotopic (exact) mass is 165 g/mol. The first kappa shape index (κ1) is 11.2. The zero-order valence-corrected chi connectivity index (χ0v) is 8.30. The molecule has 1 heteroatoms. The molecule has 2 N–H and O–H groups in total. The van der Waals surface area contributed by atoms with E-state index in [1.54, 1.807) is 0 Å². The van der Waals surface area contributed by atoms with Gasteiger partial charge in [-0.2, -0.15) is 0 Å². The van der Waals surface area contributed by atoms with Gasteiger partial charge >= 0.3 is 0 Å². The van der Waals surface area contributed by atoms with Gasteiger partial charge in [-0.3, -0.25) is 0 Å². The molecular weight excluding hydrogens is 146 g/mol. The number of hydrogen-bond acceptors (Lipinski definition) is 1. The average Bonchev–Trinajstić information content (AvgIpc) is 2.11. The standard InChI is InChI=1S/C11H19N/c1-4-6-7-11(5-2)8-10(3)9-12/h4,6-8H,5,9,12H2,1-3H3/b6-4-,10-8+,11-7+. The molecule has 68 valence electrons. The Morgan fingerprint density at radius 1 is 1.42 bits per heavy atom. The van der Waals surface area contributed by atoms with Crippen LogP contribution in [0.15, 0.2) is 35.5 Å². The first-order valence-corrected chi connectivity index (χ1v) is 4.43. The third kappa shape index (κ3) is 4.91. The van der Waals surface area contributed by atoms with Crippen molar-refractivity contribution in [2.45, 2.75) is 27.2 Å². The van der Waals surface area contributed by atoms with E-state index in [0.717, 1.165) is 6.42 Å². The summed E-state index contributed by atoms with van der Waals surface area (Å²) in [6.07, 6.45) is 9.42. The van der Waals surface area contributed by atoms with Crippen molar-refractivity contribution >= 4 is 0 Å². The summed E-state index contributed by atoms with van der Waals surface area (Å²) in [4.78, 5) is 0. The second-order valence-corrected chi connectivity index (χ2v) is 2.82. The SMILES string of the molecule is C\C=C/C=C(/C=C(\C)CN)CC. The van der Waals surface area contributed by atoms with Crippen LogP contribution in [0.1, 0.15) is 27.2 Å². The Kier molecular flexibility index (Phi) is 6.39. The van der Waals surface area contributed by atoms with Crippen molar-refractivity contribution in [3.8, 4) is 0 Å². The maximum atomic E-state index is 5.49. The van der Waals surface area contributed by atoms with Crippen molar-refractivity contribution in [2.75, 3.05) is 6.54 Å². The largest absolute Gasteiger partial charge is 0.327 e. The normalized spacial score (nSPS) is 14.3. The number of nitrogens with two attached hydrogens (primary N) is 1. The molecule has 0 radical (unpaired) electrons. The zero-order chi connectivity index (χ0) is 9.40. The fraction of sp³-hybridized carbons (Fsp3) is 0.455. The van der Waals surface area contributed by atoms with Gasteiger partial charge in [0.1, 0.15) is 0 Å². The fourth-order valence-corrected chi connectivity index (χ4v) is 0.863. The van der Waals surface area contributed by atoms with Crippen LogP contribution in [0.4, 0.5) is 0 Å². The van der Waals surface area contributed by atoms with E-state index in [2.05, 4.69) is 32.1 Å². The molecule has 0 aromatic carbocycles. The number of allylic oxidation sites excluding steroid dienone is 5. The molecular formula is C11H19N. The lowest BCUT2D eigenvalue weighted by atomic mass is 10.1. The Labute approximate surface area is 75.7 Å². The molecule has 0 fully saturated rings. The number of rotatable bonds is 4. The van der Waals surface area contributed by atoms with Crippen molar-refractivity contribution in [3.05, 3.63) is 35.5 Å². The van der Waals surface area contributed by atoms with Gasteiger partial charge in [0.2, 0.25) is 0 Å². The summed E-state index contributed by atoms with van der Waals surface area (Å²) in [7, 11) is 0. The highest BCUT2D eigenvalue weighted by Gasteiger charge is 1.88. The third-order valence-electron chi connectivity index (χ3n) is 1.66. The highest BCUT2D eigenvalue weighted by Crippen LogP contribution is 2.05. The molecule has 0 aliphatic heterocycles. The maximum absolute atomic E-state index is 5.49. The van der Waals surface area contributed by atoms with Crippen LogP contribution >= 0.6 is 0 Å². The van der Waals surface area contributed by atoms with Crippen molar-refractivity contribution in [2.24, 2.45) is 5.73 Å². The molecule has 12 heavy (non-hydrogen) atoms. The molecule has 0 rings (SSSR count). The smallest absolute Gasteiger partial charge is 0.0137 e. The van der Waals surface area contributed by atoms with Crippen molar-refractivity contribution in [1.29, 1.82) is 0 Å². The van der Waals surface area contributed by atoms with Gasteiger partial charge < -0.3 is 5.73 Å². The molecule has 0 atom stereocenters. The molecule has 0 saturated carbocycles. The van der Waals surface area contributed by atoms with Gasteiger partial charge in [-0.05, 0) is 25.8 Å². The molecule has 0 aromatic heterocycles. The van der Waals surface area contributed by atoms with Gasteiger partial charge in [0, 0.05) is 6.54 Å². The Bertz CT molecular complexity index is 194. The lowest BCUT2D eigenvalue weighted by molar-refractivity contribution is 1.09. The lowest BCUT2D eigenvalue weighted by Gasteiger charge is -1.98. The van der Waals surface area contributed by atoms with Crippen LogP contribution in [0.25, 0.3) is 0 Å². The lowest BCUT2D eigenvalue weighted by Crippen LogP contribution is -1.99. The van der Waals surface area contributed by atoms with Gasteiger partial charge in [-0.1, -0.05) is 36.8 Å². The van der Waals surface area contributed by atoms with E-state index in [0.29, 0.717) is 6.54 Å². The highest BCUT2D eigenvalue weighted by molar-refractivity contribution is 5.26. The summed E-state index contributed by atoms with van der Waals surface area (Å²) >= 11 is 0. The Morgan fingerprint density at radius 2 is 2.08 bits per heavy atom. The van der Waals surface area contributed by atoms with Crippen LogP contribution in [-0.4, -0.2) is 6.54 Å². The Hall–Kier alpha value is -0.820. The predicted octanol–water partition coefficient (Wildman–Crippen LogP) is 2.80. The summed E-state index contributed by atoms with van der Waals surface area (Å²) in [5.41, 5.74) is 8.05. The predicted molar refractivity (Wildman–Crippen MR) is 56.0 cm³/mol. The van der Waals surface area contributed by atoms with E-state index in [-0.39, 0.29) is 0 Å². The van der Waals surface area contributed by atoms with Crippen molar-refractivity contribution in [1.82, 2.24) is 0 Å². The Morgan fingerprint density at radius 3 is 2.50 bits per heavy atom. The fourth-order valence-electron chi connectivity index (χ4n) is 0.863. The molecule has 0 unspecified atom stereocenters. The average molecular weight is 165 g/mol. The van der Waals surface area contributed by atoms with Gasteiger partial charge in [0.25, 0.3) is 0 Å². The summed E-state index contributed by atoms with van der Waals surface area (Å²) in [6.45, 7) is 6.87. The molecule has 0 aliphatic carbocycles. The Balaban J connectivity index is 4.35. The molecule has 0 spiro atoms. The summed E-state index contributed by atoms with van der Waals surface area (Å²) in [6, 6.07) is 0. The van der Waals surface area contributed by atoms with Crippen LogP contribution < -0.4 is 5.73 Å². The van der Waals surface area contributed by atoms with Gasteiger partial charge in [0.05, 0.1) is 0 Å². The minimum absolute atomic E-state index is 0.646. The first-order valence-electron chi connectivity index (χ1n) is 4.43. The van der Waals surface area contributed by atoms with E-state index < -0.39 is 0 Å². The maximum Gasteiger partial charge on any atom is 0.0137 e. The van der Waals surface area contributed by atoms with E-state index in [1.165, 1.54) is 11.1 Å². The van der Waals surface area contributed by atoms with Crippen LogP contribution in [0, 0.1) is 0 Å². The molecule has 0 aliphatic rings. The van der Waals surface area contributed by atoms with E-state index >= 15 is 0 Å². The molecule has 1 nitrogen and oxygen atoms in total. The minimum atomic E-state index is 0.646. The van der Waals surface area contributed by atoms with E-state index in [4.69, 9.17) is 5.73 Å². The highest BCUT2D eigenvalue weighted by atomic mass is 14.5. The van der Waals surface area contributed by atoms with Crippen molar-refractivity contribution < 1.29 is 0 Å². The molecule has 0 saturated heterocycles.